The number of aryl methyl sites for hydroxylation is 3. The Hall–Kier alpha value is -2.89. The van der Waals surface area contributed by atoms with E-state index in [0.29, 0.717) is 6.42 Å². The highest BCUT2D eigenvalue weighted by molar-refractivity contribution is 5.80. The fraction of sp³-hybridized carbons (Fsp3) is 0.435. The van der Waals surface area contributed by atoms with Crippen LogP contribution in [0.25, 0.3) is 11.3 Å². The zero-order valence-electron chi connectivity index (χ0n) is 17.6. The lowest BCUT2D eigenvalue weighted by atomic mass is 9.94. The number of benzene rings is 1. The molecule has 0 spiro atoms. The molecule has 6 nitrogen and oxygen atoms in total. The van der Waals surface area contributed by atoms with E-state index in [1.54, 1.807) is 4.68 Å². The van der Waals surface area contributed by atoms with Gasteiger partial charge in [-0.2, -0.15) is 5.10 Å². The Bertz CT molecular complexity index is 1020. The molecule has 0 radical (unpaired) electrons. The number of piperidine rings is 1. The highest BCUT2D eigenvalue weighted by atomic mass is 16.5. The molecule has 29 heavy (non-hydrogen) atoms. The minimum atomic E-state index is -0.0392. The molecule has 0 unspecified atom stereocenters. The molecular formula is C23H28N4O2. The van der Waals surface area contributed by atoms with Crippen LogP contribution in [0.2, 0.25) is 0 Å². The second-order valence-electron chi connectivity index (χ2n) is 8.08. The van der Waals surface area contributed by atoms with Gasteiger partial charge in [0.25, 0.3) is 0 Å². The maximum Gasteiger partial charge on any atom is 0.227 e. The van der Waals surface area contributed by atoms with E-state index in [1.165, 1.54) is 5.56 Å². The van der Waals surface area contributed by atoms with Gasteiger partial charge in [-0.05, 0) is 45.6 Å². The Balaban J connectivity index is 1.65. The predicted molar refractivity (Wildman–Crippen MR) is 111 cm³/mol. The second-order valence-corrected chi connectivity index (χ2v) is 8.08. The Labute approximate surface area is 171 Å². The van der Waals surface area contributed by atoms with E-state index in [-0.39, 0.29) is 11.9 Å². The standard InChI is InChI=1S/C23H28N4O2/c1-15-8-10-18(11-9-15)13-21(28)27-12-6-5-7-20(27)22-19(14-26(4)24-22)23-16(2)17(3)25-29-23/h8-11,14,20H,5-7,12-13H2,1-4H3/t20-/m1/s1. The third-order valence-corrected chi connectivity index (χ3v) is 5.87. The van der Waals surface area contributed by atoms with Crippen LogP contribution >= 0.6 is 0 Å². The van der Waals surface area contributed by atoms with Crippen molar-refractivity contribution in [1.82, 2.24) is 19.8 Å². The average molecular weight is 393 g/mol. The summed E-state index contributed by atoms with van der Waals surface area (Å²) in [4.78, 5) is 15.2. The first-order chi connectivity index (χ1) is 13.9. The lowest BCUT2D eigenvalue weighted by Gasteiger charge is -2.35. The summed E-state index contributed by atoms with van der Waals surface area (Å²) in [5.74, 6) is 0.905. The SMILES string of the molecule is Cc1ccc(CC(=O)N2CCCC[C@@H]2c2nn(C)cc2-c2onc(C)c2C)cc1. The lowest BCUT2D eigenvalue weighted by Crippen LogP contribution is -2.39. The van der Waals surface area contributed by atoms with Crippen molar-refractivity contribution in [3.8, 4) is 11.3 Å². The molecule has 0 N–H and O–H groups in total. The Morgan fingerprint density at radius 3 is 2.62 bits per heavy atom. The minimum Gasteiger partial charge on any atom is -0.356 e. The summed E-state index contributed by atoms with van der Waals surface area (Å²) in [6.45, 7) is 6.78. The minimum absolute atomic E-state index is 0.0392. The largest absolute Gasteiger partial charge is 0.356 e. The summed E-state index contributed by atoms with van der Waals surface area (Å²) >= 11 is 0. The number of carbonyl (C=O) groups excluding carboxylic acids is 1. The Morgan fingerprint density at radius 2 is 1.93 bits per heavy atom. The summed E-state index contributed by atoms with van der Waals surface area (Å²) in [6, 6.07) is 8.16. The second kappa shape index (κ2) is 7.85. The molecule has 152 valence electrons. The quantitative estimate of drug-likeness (QED) is 0.664. The number of nitrogens with zero attached hydrogens (tertiary/aromatic N) is 4. The van der Waals surface area contributed by atoms with E-state index in [4.69, 9.17) is 9.62 Å². The van der Waals surface area contributed by atoms with Crippen molar-refractivity contribution in [1.29, 1.82) is 0 Å². The van der Waals surface area contributed by atoms with Crippen molar-refractivity contribution < 1.29 is 9.32 Å². The normalized spacial score (nSPS) is 17.0. The van der Waals surface area contributed by atoms with Crippen LogP contribution in [0.4, 0.5) is 0 Å². The van der Waals surface area contributed by atoms with Crippen LogP contribution in [-0.4, -0.2) is 32.3 Å². The van der Waals surface area contributed by atoms with Crippen molar-refractivity contribution in [3.05, 3.63) is 58.5 Å². The molecule has 0 bridgehead atoms. The third kappa shape index (κ3) is 3.84. The molecule has 1 saturated heterocycles. The molecule has 1 aliphatic heterocycles. The third-order valence-electron chi connectivity index (χ3n) is 5.87. The van der Waals surface area contributed by atoms with E-state index in [9.17, 15) is 4.79 Å². The number of hydrogen-bond donors (Lipinski definition) is 0. The summed E-state index contributed by atoms with van der Waals surface area (Å²) in [7, 11) is 1.91. The number of carbonyl (C=O) groups is 1. The number of aromatic nitrogens is 3. The molecule has 3 aromatic rings. The van der Waals surface area contributed by atoms with Gasteiger partial charge >= 0.3 is 0 Å². The van der Waals surface area contributed by atoms with Gasteiger partial charge in [-0.25, -0.2) is 0 Å². The van der Waals surface area contributed by atoms with Crippen molar-refractivity contribution in [2.75, 3.05) is 6.54 Å². The van der Waals surface area contributed by atoms with Crippen molar-refractivity contribution in [2.45, 2.75) is 52.5 Å². The summed E-state index contributed by atoms with van der Waals surface area (Å²) < 4.78 is 7.43. The van der Waals surface area contributed by atoms with Gasteiger partial charge in [0.1, 0.15) is 0 Å². The average Bonchev–Trinajstić information content (AvgIpc) is 3.25. The molecule has 1 atom stereocenters. The van der Waals surface area contributed by atoms with Gasteiger partial charge in [-0.1, -0.05) is 35.0 Å². The predicted octanol–water partition coefficient (Wildman–Crippen LogP) is 4.30. The highest BCUT2D eigenvalue weighted by Crippen LogP contribution is 2.37. The van der Waals surface area contributed by atoms with E-state index >= 15 is 0 Å². The topological polar surface area (TPSA) is 64.2 Å². The van der Waals surface area contributed by atoms with Crippen LogP contribution in [0, 0.1) is 20.8 Å². The van der Waals surface area contributed by atoms with Gasteiger partial charge in [0.2, 0.25) is 5.91 Å². The van der Waals surface area contributed by atoms with Gasteiger partial charge in [-0.3, -0.25) is 9.48 Å². The molecular weight excluding hydrogens is 364 g/mol. The van der Waals surface area contributed by atoms with Crippen LogP contribution in [0.5, 0.6) is 0 Å². The fourth-order valence-electron chi connectivity index (χ4n) is 4.09. The van der Waals surface area contributed by atoms with Crippen molar-refractivity contribution in [3.63, 3.8) is 0 Å². The summed E-state index contributed by atoms with van der Waals surface area (Å²) in [5.41, 5.74) is 5.99. The summed E-state index contributed by atoms with van der Waals surface area (Å²) in [6.07, 6.45) is 5.41. The molecule has 1 fully saturated rings. The van der Waals surface area contributed by atoms with Gasteiger partial charge in [0.15, 0.2) is 5.76 Å². The first-order valence-electron chi connectivity index (χ1n) is 10.3. The molecule has 0 saturated carbocycles. The molecule has 2 aromatic heterocycles. The van der Waals surface area contributed by atoms with Gasteiger partial charge in [-0.15, -0.1) is 0 Å². The van der Waals surface area contributed by atoms with Gasteiger partial charge < -0.3 is 9.42 Å². The van der Waals surface area contributed by atoms with Crippen molar-refractivity contribution >= 4 is 5.91 Å². The molecule has 4 rings (SSSR count). The smallest absolute Gasteiger partial charge is 0.227 e. The summed E-state index contributed by atoms with van der Waals surface area (Å²) in [5, 5.41) is 8.86. The monoisotopic (exact) mass is 392 g/mol. The molecule has 3 heterocycles. The first kappa shape index (κ1) is 19.4. The fourth-order valence-corrected chi connectivity index (χ4v) is 4.09. The number of hydrogen-bond acceptors (Lipinski definition) is 4. The van der Waals surface area contributed by atoms with E-state index in [2.05, 4.69) is 24.2 Å². The number of amides is 1. The highest BCUT2D eigenvalue weighted by Gasteiger charge is 2.33. The maximum absolute atomic E-state index is 13.2. The van der Waals surface area contributed by atoms with Crippen LogP contribution in [0.1, 0.15) is 53.4 Å². The van der Waals surface area contributed by atoms with Crippen LogP contribution in [0.15, 0.2) is 35.0 Å². The molecule has 0 aliphatic carbocycles. The Kier molecular flexibility index (Phi) is 5.26. The number of rotatable bonds is 4. The molecule has 1 aliphatic rings. The Morgan fingerprint density at radius 1 is 1.17 bits per heavy atom. The first-order valence-corrected chi connectivity index (χ1v) is 10.3. The zero-order chi connectivity index (χ0) is 20.5. The molecule has 1 aromatic carbocycles. The van der Waals surface area contributed by atoms with Gasteiger partial charge in [0, 0.05) is 25.4 Å². The number of likely N-dealkylation sites (tertiary alicyclic amines) is 1. The zero-order valence-corrected chi connectivity index (χ0v) is 17.6. The van der Waals surface area contributed by atoms with E-state index < -0.39 is 0 Å². The van der Waals surface area contributed by atoms with Gasteiger partial charge in [0.05, 0.1) is 29.4 Å². The molecule has 1 amide bonds. The van der Waals surface area contributed by atoms with Crippen LogP contribution < -0.4 is 0 Å². The van der Waals surface area contributed by atoms with E-state index in [0.717, 1.165) is 59.6 Å². The van der Waals surface area contributed by atoms with Crippen LogP contribution in [0.3, 0.4) is 0 Å². The maximum atomic E-state index is 13.2. The lowest BCUT2D eigenvalue weighted by molar-refractivity contribution is -0.134. The molecule has 6 heteroatoms. The van der Waals surface area contributed by atoms with Crippen molar-refractivity contribution in [2.24, 2.45) is 7.05 Å². The van der Waals surface area contributed by atoms with E-state index in [1.807, 2.05) is 44.1 Å². The van der Waals surface area contributed by atoms with Crippen LogP contribution in [-0.2, 0) is 18.3 Å².